The molecule has 0 spiro atoms. The van der Waals surface area contributed by atoms with E-state index >= 15 is 0 Å². The van der Waals surface area contributed by atoms with Crippen molar-refractivity contribution in [1.29, 1.82) is 0 Å². The summed E-state index contributed by atoms with van der Waals surface area (Å²) in [6.07, 6.45) is -4.31. The fraction of sp³-hybridized carbons (Fsp3) is 0.278. The second kappa shape index (κ2) is 7.34. The third kappa shape index (κ3) is 4.24. The minimum absolute atomic E-state index is 0.0408. The Morgan fingerprint density at radius 3 is 2.56 bits per heavy atom. The standard InChI is InChI=1S/C18H15F4N3O2/c19-11-4-6-13(7-5-11)25-9-8-14(17(25)27)16(26)23-10-12-2-1-3-15(24-12)18(20,21)22/h1-7,14H,8-10H2,(H,23,26). The third-order valence-corrected chi connectivity index (χ3v) is 4.20. The SMILES string of the molecule is O=C(NCc1cccc(C(F)(F)F)n1)C1CCN(c2ccc(F)cc2)C1=O. The molecule has 2 amide bonds. The first kappa shape index (κ1) is 18.8. The molecule has 1 aromatic heterocycles. The number of carbonyl (C=O) groups excluding carboxylic acids is 2. The molecular weight excluding hydrogens is 366 g/mol. The Labute approximate surface area is 152 Å². The number of halogens is 4. The monoisotopic (exact) mass is 381 g/mol. The van der Waals surface area contributed by atoms with Crippen molar-refractivity contribution in [3.8, 4) is 0 Å². The second-order valence-corrected chi connectivity index (χ2v) is 6.04. The van der Waals surface area contributed by atoms with Gasteiger partial charge in [0.15, 0.2) is 0 Å². The third-order valence-electron chi connectivity index (χ3n) is 4.20. The minimum atomic E-state index is -4.57. The van der Waals surface area contributed by atoms with Crippen molar-refractivity contribution in [2.75, 3.05) is 11.4 Å². The van der Waals surface area contributed by atoms with Crippen LogP contribution >= 0.6 is 0 Å². The highest BCUT2D eigenvalue weighted by atomic mass is 19.4. The fourth-order valence-electron chi connectivity index (χ4n) is 2.84. The highest BCUT2D eigenvalue weighted by molar-refractivity contribution is 6.09. The maximum atomic E-state index is 13.0. The van der Waals surface area contributed by atoms with Crippen LogP contribution in [0.2, 0.25) is 0 Å². The van der Waals surface area contributed by atoms with Gasteiger partial charge < -0.3 is 10.2 Å². The van der Waals surface area contributed by atoms with Crippen LogP contribution < -0.4 is 10.2 Å². The average molecular weight is 381 g/mol. The topological polar surface area (TPSA) is 62.3 Å². The predicted octanol–water partition coefficient (Wildman–Crippen LogP) is 2.91. The maximum absolute atomic E-state index is 13.0. The molecule has 5 nitrogen and oxygen atoms in total. The van der Waals surface area contributed by atoms with Gasteiger partial charge in [0.2, 0.25) is 11.8 Å². The summed E-state index contributed by atoms with van der Waals surface area (Å²) in [5.74, 6) is -2.39. The van der Waals surface area contributed by atoms with E-state index in [1.807, 2.05) is 0 Å². The number of amides is 2. The zero-order valence-corrected chi connectivity index (χ0v) is 14.0. The van der Waals surface area contributed by atoms with E-state index in [1.165, 1.54) is 41.3 Å². The van der Waals surface area contributed by atoms with Gasteiger partial charge in [-0.15, -0.1) is 0 Å². The van der Waals surface area contributed by atoms with Crippen LogP contribution in [0.4, 0.5) is 23.2 Å². The number of aromatic nitrogens is 1. The molecule has 27 heavy (non-hydrogen) atoms. The van der Waals surface area contributed by atoms with Gasteiger partial charge in [-0.25, -0.2) is 9.37 Å². The number of nitrogens with zero attached hydrogens (tertiary/aromatic N) is 2. The lowest BCUT2D eigenvalue weighted by Gasteiger charge is -2.16. The molecule has 1 aliphatic rings. The van der Waals surface area contributed by atoms with Crippen LogP contribution in [0.5, 0.6) is 0 Å². The van der Waals surface area contributed by atoms with Crippen LogP contribution in [0, 0.1) is 11.7 Å². The van der Waals surface area contributed by atoms with Crippen LogP contribution in [0.15, 0.2) is 42.5 Å². The maximum Gasteiger partial charge on any atom is 0.433 e. The van der Waals surface area contributed by atoms with E-state index in [4.69, 9.17) is 0 Å². The smallest absolute Gasteiger partial charge is 0.350 e. The van der Waals surface area contributed by atoms with Crippen LogP contribution in [0.3, 0.4) is 0 Å². The summed E-state index contributed by atoms with van der Waals surface area (Å²) < 4.78 is 51.0. The Morgan fingerprint density at radius 1 is 1.19 bits per heavy atom. The number of anilines is 1. The zero-order valence-electron chi connectivity index (χ0n) is 14.0. The van der Waals surface area contributed by atoms with E-state index in [0.29, 0.717) is 12.2 Å². The minimum Gasteiger partial charge on any atom is -0.350 e. The number of alkyl halides is 3. The first-order chi connectivity index (χ1) is 12.8. The molecule has 0 aliphatic carbocycles. The van der Waals surface area contributed by atoms with Crippen LogP contribution in [-0.2, 0) is 22.3 Å². The molecule has 0 saturated carbocycles. The normalized spacial score (nSPS) is 17.3. The molecular formula is C18H15F4N3O2. The molecule has 2 heterocycles. The first-order valence-electron chi connectivity index (χ1n) is 8.13. The van der Waals surface area contributed by atoms with Crippen LogP contribution in [-0.4, -0.2) is 23.3 Å². The Bertz CT molecular complexity index is 852. The highest BCUT2D eigenvalue weighted by Crippen LogP contribution is 2.28. The Balaban J connectivity index is 1.62. The van der Waals surface area contributed by atoms with E-state index in [0.717, 1.165) is 6.07 Å². The summed E-state index contributed by atoms with van der Waals surface area (Å²) in [7, 11) is 0. The Morgan fingerprint density at radius 2 is 1.89 bits per heavy atom. The van der Waals surface area contributed by atoms with Crippen LogP contribution in [0.25, 0.3) is 0 Å². The summed E-state index contributed by atoms with van der Waals surface area (Å²) in [4.78, 5) is 29.6. The summed E-state index contributed by atoms with van der Waals surface area (Å²) >= 11 is 0. The van der Waals surface area contributed by atoms with Crippen molar-refractivity contribution in [1.82, 2.24) is 10.3 Å². The van der Waals surface area contributed by atoms with Gasteiger partial charge in [0.25, 0.3) is 0 Å². The lowest BCUT2D eigenvalue weighted by atomic mass is 10.1. The fourth-order valence-corrected chi connectivity index (χ4v) is 2.84. The summed E-state index contributed by atoms with van der Waals surface area (Å²) in [6, 6.07) is 8.72. The highest BCUT2D eigenvalue weighted by Gasteiger charge is 2.37. The van der Waals surface area contributed by atoms with Gasteiger partial charge >= 0.3 is 6.18 Å². The van der Waals surface area contributed by atoms with Crippen molar-refractivity contribution in [2.24, 2.45) is 5.92 Å². The van der Waals surface area contributed by atoms with Gasteiger partial charge in [-0.05, 0) is 42.8 Å². The number of hydrogen-bond donors (Lipinski definition) is 1. The molecule has 0 bridgehead atoms. The number of benzene rings is 1. The van der Waals surface area contributed by atoms with E-state index in [1.54, 1.807) is 0 Å². The van der Waals surface area contributed by atoms with Gasteiger partial charge in [-0.1, -0.05) is 6.07 Å². The molecule has 1 aromatic carbocycles. The van der Waals surface area contributed by atoms with E-state index in [9.17, 15) is 27.2 Å². The average Bonchev–Trinajstić information content (AvgIpc) is 3.01. The summed E-state index contributed by atoms with van der Waals surface area (Å²) in [6.45, 7) is 0.0768. The number of nitrogens with one attached hydrogen (secondary N) is 1. The molecule has 1 unspecified atom stereocenters. The molecule has 0 radical (unpaired) electrons. The number of carbonyl (C=O) groups is 2. The molecule has 3 rings (SSSR count). The van der Waals surface area contributed by atoms with Gasteiger partial charge in [0.1, 0.15) is 17.4 Å². The molecule has 2 aromatic rings. The molecule has 142 valence electrons. The van der Waals surface area contributed by atoms with Gasteiger partial charge in [0.05, 0.1) is 12.2 Å². The van der Waals surface area contributed by atoms with Crippen molar-refractivity contribution < 1.29 is 27.2 Å². The number of rotatable bonds is 4. The van der Waals surface area contributed by atoms with E-state index in [2.05, 4.69) is 10.3 Å². The quantitative estimate of drug-likeness (QED) is 0.654. The first-order valence-corrected chi connectivity index (χ1v) is 8.13. The summed E-state index contributed by atoms with van der Waals surface area (Å²) in [5.41, 5.74) is -0.524. The van der Waals surface area contributed by atoms with Crippen molar-refractivity contribution >= 4 is 17.5 Å². The van der Waals surface area contributed by atoms with Gasteiger partial charge in [0, 0.05) is 12.2 Å². The Kier molecular flexibility index (Phi) is 5.11. The van der Waals surface area contributed by atoms with Gasteiger partial charge in [-0.2, -0.15) is 13.2 Å². The van der Waals surface area contributed by atoms with Gasteiger partial charge in [-0.3, -0.25) is 9.59 Å². The lowest BCUT2D eigenvalue weighted by molar-refractivity contribution is -0.141. The number of pyridine rings is 1. The second-order valence-electron chi connectivity index (χ2n) is 6.04. The zero-order chi connectivity index (χ0) is 19.6. The van der Waals surface area contributed by atoms with Crippen molar-refractivity contribution in [2.45, 2.75) is 19.1 Å². The largest absolute Gasteiger partial charge is 0.433 e. The molecule has 1 N–H and O–H groups in total. The van der Waals surface area contributed by atoms with E-state index in [-0.39, 0.29) is 18.7 Å². The summed E-state index contributed by atoms with van der Waals surface area (Å²) in [5, 5.41) is 2.45. The molecule has 1 aliphatic heterocycles. The number of hydrogen-bond acceptors (Lipinski definition) is 3. The molecule has 9 heteroatoms. The molecule has 1 fully saturated rings. The van der Waals surface area contributed by atoms with Crippen molar-refractivity contribution in [3.05, 3.63) is 59.7 Å². The Hall–Kier alpha value is -2.97. The molecule has 1 saturated heterocycles. The predicted molar refractivity (Wildman–Crippen MR) is 87.9 cm³/mol. The lowest BCUT2D eigenvalue weighted by Crippen LogP contribution is -2.36. The van der Waals surface area contributed by atoms with E-state index < -0.39 is 35.4 Å². The van der Waals surface area contributed by atoms with Crippen molar-refractivity contribution in [3.63, 3.8) is 0 Å². The van der Waals surface area contributed by atoms with Crippen LogP contribution in [0.1, 0.15) is 17.8 Å². The molecule has 1 atom stereocenters.